The molecular formula is C25H38N6O9. The van der Waals surface area contributed by atoms with Crippen LogP contribution in [0.15, 0.2) is 24.3 Å². The highest BCUT2D eigenvalue weighted by molar-refractivity contribution is 5.94. The van der Waals surface area contributed by atoms with Gasteiger partial charge in [-0.1, -0.05) is 12.1 Å². The molecule has 4 atom stereocenters. The van der Waals surface area contributed by atoms with Crippen LogP contribution < -0.4 is 33.2 Å². The molecule has 4 unspecified atom stereocenters. The lowest BCUT2D eigenvalue weighted by Crippen LogP contribution is -2.57. The van der Waals surface area contributed by atoms with Gasteiger partial charge in [0.15, 0.2) is 0 Å². The summed E-state index contributed by atoms with van der Waals surface area (Å²) in [5.41, 5.74) is 17.0. The number of aromatic hydroxyl groups is 1. The third kappa shape index (κ3) is 13.0. The van der Waals surface area contributed by atoms with Crippen LogP contribution in [0.3, 0.4) is 0 Å². The van der Waals surface area contributed by atoms with Crippen molar-refractivity contribution < 1.29 is 44.1 Å². The second-order valence-corrected chi connectivity index (χ2v) is 9.22. The third-order valence-electron chi connectivity index (χ3n) is 5.89. The molecule has 0 saturated heterocycles. The number of phenols is 1. The number of hydrogen-bond acceptors (Lipinski definition) is 9. The van der Waals surface area contributed by atoms with E-state index in [2.05, 4.69) is 16.0 Å². The molecule has 0 fully saturated rings. The number of carbonyl (C=O) groups is 6. The van der Waals surface area contributed by atoms with E-state index in [1.807, 2.05) is 0 Å². The summed E-state index contributed by atoms with van der Waals surface area (Å²) in [4.78, 5) is 72.5. The lowest BCUT2D eigenvalue weighted by molar-refractivity contribution is -0.143. The molecule has 0 aliphatic rings. The fourth-order valence-electron chi connectivity index (χ4n) is 3.62. The highest BCUT2D eigenvalue weighted by atomic mass is 16.4. The Morgan fingerprint density at radius 1 is 0.750 bits per heavy atom. The number of nitrogens with one attached hydrogen (secondary N) is 3. The molecule has 0 radical (unpaired) electrons. The maximum absolute atomic E-state index is 13.3. The zero-order valence-electron chi connectivity index (χ0n) is 22.0. The highest BCUT2D eigenvalue weighted by Crippen LogP contribution is 2.12. The van der Waals surface area contributed by atoms with E-state index in [4.69, 9.17) is 22.3 Å². The summed E-state index contributed by atoms with van der Waals surface area (Å²) < 4.78 is 0. The standard InChI is InChI=1S/C25H38N6O9/c26-12-2-1-3-17(23(37)30-18(25(39)40)9-11-21(34)35)29-24(38)19(13-14-4-6-15(32)7-5-14)31-22(36)16(27)8-10-20(28)33/h4-7,16-19,32H,1-3,8-13,26-27H2,(H2,28,33)(H,29,38)(H,30,37)(H,31,36)(H,34,35)(H,39,40). The van der Waals surface area contributed by atoms with Crippen molar-refractivity contribution in [3.8, 4) is 5.75 Å². The summed E-state index contributed by atoms with van der Waals surface area (Å²) in [6, 6.07) is 0.691. The lowest BCUT2D eigenvalue weighted by atomic mass is 10.0. The predicted molar refractivity (Wildman–Crippen MR) is 141 cm³/mol. The summed E-state index contributed by atoms with van der Waals surface area (Å²) in [5, 5.41) is 35.1. The molecule has 12 N–H and O–H groups in total. The highest BCUT2D eigenvalue weighted by Gasteiger charge is 2.30. The van der Waals surface area contributed by atoms with Gasteiger partial charge in [-0.3, -0.25) is 24.0 Å². The van der Waals surface area contributed by atoms with Crippen molar-refractivity contribution in [2.24, 2.45) is 17.2 Å². The van der Waals surface area contributed by atoms with Crippen molar-refractivity contribution in [2.75, 3.05) is 6.54 Å². The van der Waals surface area contributed by atoms with Crippen LogP contribution in [0.2, 0.25) is 0 Å². The molecule has 222 valence electrons. The molecule has 0 saturated carbocycles. The van der Waals surface area contributed by atoms with Crippen LogP contribution >= 0.6 is 0 Å². The molecule has 1 aromatic rings. The van der Waals surface area contributed by atoms with Gasteiger partial charge in [0.2, 0.25) is 23.6 Å². The summed E-state index contributed by atoms with van der Waals surface area (Å²) in [7, 11) is 0. The molecule has 40 heavy (non-hydrogen) atoms. The van der Waals surface area contributed by atoms with E-state index in [-0.39, 0.29) is 37.9 Å². The average molecular weight is 567 g/mol. The van der Waals surface area contributed by atoms with Gasteiger partial charge in [0.1, 0.15) is 23.9 Å². The zero-order valence-corrected chi connectivity index (χ0v) is 22.0. The van der Waals surface area contributed by atoms with Crippen LogP contribution in [0.25, 0.3) is 0 Å². The van der Waals surface area contributed by atoms with Gasteiger partial charge in [-0.05, 0) is 56.3 Å². The van der Waals surface area contributed by atoms with Gasteiger partial charge >= 0.3 is 11.9 Å². The largest absolute Gasteiger partial charge is 0.508 e. The minimum atomic E-state index is -1.51. The Morgan fingerprint density at radius 2 is 1.32 bits per heavy atom. The van der Waals surface area contributed by atoms with Crippen molar-refractivity contribution in [1.29, 1.82) is 0 Å². The van der Waals surface area contributed by atoms with Gasteiger partial charge < -0.3 is 48.5 Å². The Labute approximate surface area is 230 Å². The third-order valence-corrected chi connectivity index (χ3v) is 5.89. The minimum Gasteiger partial charge on any atom is -0.508 e. The summed E-state index contributed by atoms with van der Waals surface area (Å²) >= 11 is 0. The first-order valence-electron chi connectivity index (χ1n) is 12.7. The van der Waals surface area contributed by atoms with E-state index < -0.39 is 66.2 Å². The van der Waals surface area contributed by atoms with E-state index >= 15 is 0 Å². The first-order chi connectivity index (χ1) is 18.8. The van der Waals surface area contributed by atoms with E-state index in [0.717, 1.165) is 0 Å². The van der Waals surface area contributed by atoms with Gasteiger partial charge in [0, 0.05) is 19.3 Å². The number of carboxylic acid groups (broad SMARTS) is 2. The second kappa shape index (κ2) is 17.4. The van der Waals surface area contributed by atoms with Gasteiger partial charge in [0.25, 0.3) is 0 Å². The zero-order chi connectivity index (χ0) is 30.2. The number of hydrogen-bond donors (Lipinski definition) is 9. The summed E-state index contributed by atoms with van der Waals surface area (Å²) in [5.74, 6) is -5.74. The first-order valence-corrected chi connectivity index (χ1v) is 12.7. The molecule has 4 amide bonds. The van der Waals surface area contributed by atoms with E-state index in [1.165, 1.54) is 24.3 Å². The van der Waals surface area contributed by atoms with E-state index in [1.54, 1.807) is 0 Å². The number of benzene rings is 1. The van der Waals surface area contributed by atoms with Crippen molar-refractivity contribution >= 4 is 35.6 Å². The molecule has 0 spiro atoms. The Kier molecular flexibility index (Phi) is 14.7. The van der Waals surface area contributed by atoms with Gasteiger partial charge in [-0.2, -0.15) is 0 Å². The Morgan fingerprint density at radius 3 is 1.88 bits per heavy atom. The van der Waals surface area contributed by atoms with E-state index in [0.29, 0.717) is 24.9 Å². The predicted octanol–water partition coefficient (Wildman–Crippen LogP) is -1.94. The molecule has 15 nitrogen and oxygen atoms in total. The fourth-order valence-corrected chi connectivity index (χ4v) is 3.62. The molecule has 1 rings (SSSR count). The van der Waals surface area contributed by atoms with Gasteiger partial charge in [0.05, 0.1) is 6.04 Å². The van der Waals surface area contributed by atoms with Crippen molar-refractivity contribution in [2.45, 2.75) is 75.5 Å². The van der Waals surface area contributed by atoms with Crippen LogP contribution in [-0.2, 0) is 35.2 Å². The second-order valence-electron chi connectivity index (χ2n) is 9.22. The SMILES string of the molecule is NCCCCC(NC(=O)C(Cc1ccc(O)cc1)NC(=O)C(N)CCC(N)=O)C(=O)NC(CCC(=O)O)C(=O)O. The lowest BCUT2D eigenvalue weighted by Gasteiger charge is -2.25. The van der Waals surface area contributed by atoms with Crippen LogP contribution in [0, 0.1) is 0 Å². The number of carboxylic acids is 2. The van der Waals surface area contributed by atoms with Crippen molar-refractivity contribution in [1.82, 2.24) is 16.0 Å². The normalized spacial score (nSPS) is 13.8. The Hall–Kier alpha value is -4.24. The van der Waals surface area contributed by atoms with Crippen molar-refractivity contribution in [3.05, 3.63) is 29.8 Å². The molecule has 1 aromatic carbocycles. The number of nitrogens with two attached hydrogens (primary N) is 3. The summed E-state index contributed by atoms with van der Waals surface area (Å²) in [6.45, 7) is 0.307. The van der Waals surface area contributed by atoms with E-state index in [9.17, 15) is 39.0 Å². The van der Waals surface area contributed by atoms with Crippen LogP contribution in [-0.4, -0.2) is 81.6 Å². The van der Waals surface area contributed by atoms with Crippen LogP contribution in [0.5, 0.6) is 5.75 Å². The molecule has 0 aromatic heterocycles. The Balaban J connectivity index is 3.13. The van der Waals surface area contributed by atoms with Gasteiger partial charge in [-0.15, -0.1) is 0 Å². The number of primary amides is 1. The fraction of sp³-hybridized carbons (Fsp3) is 0.520. The van der Waals surface area contributed by atoms with Crippen LogP contribution in [0.4, 0.5) is 0 Å². The quantitative estimate of drug-likeness (QED) is 0.0830. The molecule has 0 heterocycles. The Bertz CT molecular complexity index is 1030. The summed E-state index contributed by atoms with van der Waals surface area (Å²) in [6.07, 6.45) is -0.171. The van der Waals surface area contributed by atoms with Crippen molar-refractivity contribution in [3.63, 3.8) is 0 Å². The number of aliphatic carboxylic acids is 2. The maximum Gasteiger partial charge on any atom is 0.326 e. The molecular weight excluding hydrogens is 528 g/mol. The van der Waals surface area contributed by atoms with Crippen LogP contribution in [0.1, 0.15) is 50.5 Å². The smallest absolute Gasteiger partial charge is 0.326 e. The number of phenolic OH excluding ortho intramolecular Hbond substituents is 1. The molecule has 0 bridgehead atoms. The number of amides is 4. The number of unbranched alkanes of at least 4 members (excludes halogenated alkanes) is 1. The molecule has 15 heteroatoms. The molecule has 0 aliphatic heterocycles. The number of rotatable bonds is 19. The first kappa shape index (κ1) is 33.8. The maximum atomic E-state index is 13.3. The monoisotopic (exact) mass is 566 g/mol. The average Bonchev–Trinajstić information content (AvgIpc) is 2.89. The topological polar surface area (TPSA) is 277 Å². The minimum absolute atomic E-state index is 0.0187. The molecule has 0 aliphatic carbocycles. The van der Waals surface area contributed by atoms with Gasteiger partial charge in [-0.25, -0.2) is 4.79 Å². The number of carbonyl (C=O) groups excluding carboxylic acids is 4.